The number of esters is 1. The van der Waals surface area contributed by atoms with Crippen LogP contribution in [0.15, 0.2) is 30.4 Å². The van der Waals surface area contributed by atoms with Crippen molar-refractivity contribution in [2.45, 2.75) is 81.3 Å². The molecule has 5 rings (SSSR count). The molecule has 2 aliphatic heterocycles. The van der Waals surface area contributed by atoms with Crippen molar-refractivity contribution in [3.63, 3.8) is 0 Å². The number of hydrogen-bond acceptors (Lipinski definition) is 10. The number of ether oxygens (including phenoxy) is 4. The lowest BCUT2D eigenvalue weighted by molar-refractivity contribution is -0.372. The molecule has 6 N–H and O–H groups in total. The first-order chi connectivity index (χ1) is 20.1. The summed E-state index contributed by atoms with van der Waals surface area (Å²) in [6, 6.07) is 1.96. The van der Waals surface area contributed by atoms with Crippen LogP contribution in [0.5, 0.6) is 0 Å². The summed E-state index contributed by atoms with van der Waals surface area (Å²) in [5.41, 5.74) is -1.80. The van der Waals surface area contributed by atoms with Crippen LogP contribution in [-0.4, -0.2) is 98.6 Å². The molecule has 1 aromatic rings. The number of fused-ring (bicyclic) bond motifs is 2. The van der Waals surface area contributed by atoms with Crippen molar-refractivity contribution in [2.75, 3.05) is 20.3 Å². The van der Waals surface area contributed by atoms with Crippen molar-refractivity contribution in [1.29, 1.82) is 0 Å². The largest absolute Gasteiger partial charge is 0.481 e. The highest BCUT2D eigenvalue weighted by Crippen LogP contribution is 2.53. The van der Waals surface area contributed by atoms with Crippen molar-refractivity contribution in [1.82, 2.24) is 4.98 Å². The lowest BCUT2D eigenvalue weighted by atomic mass is 9.63. The van der Waals surface area contributed by atoms with Crippen LogP contribution in [0.1, 0.15) is 44.7 Å². The van der Waals surface area contributed by atoms with Gasteiger partial charge in [-0.15, -0.1) is 6.58 Å². The average Bonchev–Trinajstić information content (AvgIpc) is 3.41. The van der Waals surface area contributed by atoms with E-state index < -0.39 is 66.2 Å². The van der Waals surface area contributed by atoms with Gasteiger partial charge in [-0.3, -0.25) is 4.79 Å². The van der Waals surface area contributed by atoms with Crippen molar-refractivity contribution < 1.29 is 54.1 Å². The van der Waals surface area contributed by atoms with E-state index in [0.717, 1.165) is 10.9 Å². The molecule has 2 fully saturated rings. The maximum Gasteiger partial charge on any atom is 0.333 e. The van der Waals surface area contributed by atoms with Gasteiger partial charge in [0.1, 0.15) is 23.6 Å². The molecule has 12 nitrogen and oxygen atoms in total. The number of aliphatic hydroxyl groups is 4. The average molecular weight is 590 g/mol. The first-order valence-corrected chi connectivity index (χ1v) is 14.3. The molecule has 1 saturated carbocycles. The molecular weight excluding hydrogens is 550 g/mol. The SMILES string of the molecule is C=CC1C(OC2OC(CO)C34OC(CCO)=c5[nH]c(CC)cc5=C3CCC2(O)C4O)CC=C(C(=O)OC)C1CC(=O)O. The quantitative estimate of drug-likeness (QED) is 0.151. The van der Waals surface area contributed by atoms with E-state index >= 15 is 0 Å². The number of nitrogens with one attached hydrogen (secondary N) is 1. The lowest BCUT2D eigenvalue weighted by Crippen LogP contribution is -2.78. The number of methoxy groups -OCH3 is 1. The second-order valence-electron chi connectivity index (χ2n) is 11.3. The maximum atomic E-state index is 12.4. The monoisotopic (exact) mass is 589 g/mol. The second-order valence-corrected chi connectivity index (χ2v) is 11.3. The number of aliphatic carboxylic acids is 1. The molecule has 8 unspecified atom stereocenters. The number of aromatic nitrogens is 1. The van der Waals surface area contributed by atoms with Crippen molar-refractivity contribution >= 4 is 23.3 Å². The van der Waals surface area contributed by atoms with Gasteiger partial charge in [-0.25, -0.2) is 4.79 Å². The van der Waals surface area contributed by atoms with Gasteiger partial charge in [-0.1, -0.05) is 19.1 Å². The summed E-state index contributed by atoms with van der Waals surface area (Å²) in [5, 5.41) is 55.3. The van der Waals surface area contributed by atoms with Crippen LogP contribution in [0.25, 0.3) is 11.3 Å². The number of carboxylic acid groups (broad SMARTS) is 1. The van der Waals surface area contributed by atoms with Gasteiger partial charge in [0, 0.05) is 34.7 Å². The van der Waals surface area contributed by atoms with E-state index in [1.54, 1.807) is 6.08 Å². The number of aromatic amines is 1. The van der Waals surface area contributed by atoms with Gasteiger partial charge < -0.3 is 49.5 Å². The molecule has 12 heteroatoms. The Hall–Kier alpha value is -3.00. The molecule has 0 amide bonds. The predicted octanol–water partition coefficient (Wildman–Crippen LogP) is -0.628. The zero-order chi connectivity index (χ0) is 30.4. The van der Waals surface area contributed by atoms with Crippen molar-refractivity contribution in [3.8, 4) is 0 Å². The molecule has 1 spiro atoms. The number of H-pyrrole nitrogens is 1. The van der Waals surface area contributed by atoms with Crippen LogP contribution in [0.4, 0.5) is 0 Å². The highest BCUT2D eigenvalue weighted by atomic mass is 16.7. The van der Waals surface area contributed by atoms with E-state index in [-0.39, 0.29) is 37.9 Å². The fraction of sp³-hybridized carbons (Fsp3) is 0.600. The lowest BCUT2D eigenvalue weighted by Gasteiger charge is -2.60. The summed E-state index contributed by atoms with van der Waals surface area (Å²) in [7, 11) is 1.22. The Bertz CT molecular complexity index is 1400. The van der Waals surface area contributed by atoms with Crippen LogP contribution in [0, 0.1) is 11.8 Å². The Morgan fingerprint density at radius 1 is 1.31 bits per heavy atom. The molecule has 230 valence electrons. The van der Waals surface area contributed by atoms with Gasteiger partial charge in [-0.2, -0.15) is 0 Å². The molecular formula is C30H39NO11. The Labute approximate surface area is 242 Å². The minimum atomic E-state index is -1.97. The molecule has 0 aromatic carbocycles. The number of aryl methyl sites for hydroxylation is 1. The van der Waals surface area contributed by atoms with Crippen LogP contribution in [-0.2, 0) is 35.0 Å². The summed E-state index contributed by atoms with van der Waals surface area (Å²) in [4.78, 5) is 27.5. The summed E-state index contributed by atoms with van der Waals surface area (Å²) >= 11 is 0. The van der Waals surface area contributed by atoms with Crippen LogP contribution < -0.4 is 10.6 Å². The zero-order valence-corrected chi connectivity index (χ0v) is 23.7. The van der Waals surface area contributed by atoms with Gasteiger partial charge in [0.05, 0.1) is 38.2 Å². The van der Waals surface area contributed by atoms with Gasteiger partial charge in [0.25, 0.3) is 0 Å². The summed E-state index contributed by atoms with van der Waals surface area (Å²) in [5.74, 6) is -2.85. The fourth-order valence-corrected chi connectivity index (χ4v) is 7.15. The molecule has 4 aliphatic rings. The molecule has 2 bridgehead atoms. The summed E-state index contributed by atoms with van der Waals surface area (Å²) < 4.78 is 23.9. The molecule has 8 atom stereocenters. The molecule has 42 heavy (non-hydrogen) atoms. The van der Waals surface area contributed by atoms with Gasteiger partial charge >= 0.3 is 11.9 Å². The topological polar surface area (TPSA) is 188 Å². The van der Waals surface area contributed by atoms with Crippen LogP contribution in [0.3, 0.4) is 0 Å². The Morgan fingerprint density at radius 3 is 2.69 bits per heavy atom. The predicted molar refractivity (Wildman–Crippen MR) is 147 cm³/mol. The van der Waals surface area contributed by atoms with E-state index in [2.05, 4.69) is 11.6 Å². The third-order valence-corrected chi connectivity index (χ3v) is 9.21. The van der Waals surface area contributed by atoms with E-state index in [9.17, 15) is 35.1 Å². The number of rotatable bonds is 10. The number of carbonyl (C=O) groups is 2. The molecule has 1 aromatic heterocycles. The molecule has 3 heterocycles. The normalized spacial score (nSPS) is 35.4. The fourth-order valence-electron chi connectivity index (χ4n) is 7.15. The Balaban J connectivity index is 1.53. The highest BCUT2D eigenvalue weighted by molar-refractivity contribution is 5.90. The van der Waals surface area contributed by atoms with E-state index in [1.807, 2.05) is 13.0 Å². The summed E-state index contributed by atoms with van der Waals surface area (Å²) in [6.45, 7) is 5.04. The van der Waals surface area contributed by atoms with Crippen molar-refractivity contribution in [2.24, 2.45) is 11.8 Å². The third kappa shape index (κ3) is 4.61. The Morgan fingerprint density at radius 2 is 2.07 bits per heavy atom. The van der Waals surface area contributed by atoms with E-state index in [0.29, 0.717) is 29.5 Å². The number of carbonyl (C=O) groups excluding carboxylic acids is 1. The first kappa shape index (κ1) is 30.5. The smallest absolute Gasteiger partial charge is 0.333 e. The Kier molecular flexibility index (Phi) is 8.40. The maximum absolute atomic E-state index is 12.4. The zero-order valence-electron chi connectivity index (χ0n) is 23.7. The van der Waals surface area contributed by atoms with Crippen LogP contribution >= 0.6 is 0 Å². The number of aliphatic hydroxyl groups excluding tert-OH is 3. The number of carboxylic acids is 1. The molecule has 2 aliphatic carbocycles. The molecule has 1 saturated heterocycles. The minimum absolute atomic E-state index is 0.0477. The van der Waals surface area contributed by atoms with Gasteiger partial charge in [0.15, 0.2) is 11.9 Å². The minimum Gasteiger partial charge on any atom is -0.481 e. The standard InChI is InChI=1S/C30H39NO11/c1-4-15-12-19-20-8-10-29(38)27(37)30(20,42-22(9-11-32)25(19)31-15)23(14-33)41-28(29)40-21-7-6-17(26(36)39-3)18(13-24(34)35)16(21)5-2/h5-6,12,16,18,21,23,27-28,31-33,37-38H,2,4,7-11,13-14H2,1,3H3,(H,34,35). The number of hydrogen-bond donors (Lipinski definition) is 6. The van der Waals surface area contributed by atoms with E-state index in [4.69, 9.17) is 18.9 Å². The summed E-state index contributed by atoms with van der Waals surface area (Å²) in [6.07, 6.45) is -0.897. The highest BCUT2D eigenvalue weighted by Gasteiger charge is 2.70. The molecule has 0 radical (unpaired) electrons. The first-order valence-electron chi connectivity index (χ1n) is 14.3. The van der Waals surface area contributed by atoms with Gasteiger partial charge in [-0.05, 0) is 37.3 Å². The van der Waals surface area contributed by atoms with Crippen molar-refractivity contribution in [3.05, 3.63) is 46.6 Å². The second kappa shape index (κ2) is 11.6. The third-order valence-electron chi connectivity index (χ3n) is 9.21. The van der Waals surface area contributed by atoms with Gasteiger partial charge in [0.2, 0.25) is 0 Å². The van der Waals surface area contributed by atoms with E-state index in [1.165, 1.54) is 13.2 Å². The van der Waals surface area contributed by atoms with Crippen LogP contribution in [0.2, 0.25) is 0 Å².